The number of halogens is 2. The van der Waals surface area contributed by atoms with Crippen LogP contribution in [0.2, 0.25) is 0 Å². The molecule has 6 heteroatoms. The molecule has 0 radical (unpaired) electrons. The average Bonchev–Trinajstić information content (AvgIpc) is 2.77. The van der Waals surface area contributed by atoms with E-state index < -0.39 is 11.3 Å². The number of amides is 1. The number of anilines is 1. The van der Waals surface area contributed by atoms with Gasteiger partial charge in [-0.25, -0.2) is 0 Å². The van der Waals surface area contributed by atoms with Crippen LogP contribution >= 0.6 is 11.8 Å². The van der Waals surface area contributed by atoms with Crippen molar-refractivity contribution >= 4 is 23.4 Å². The maximum Gasteiger partial charge on any atom is 0.288 e. The lowest BCUT2D eigenvalue weighted by atomic mass is 9.94. The molecule has 0 unspecified atom stereocenters. The first-order valence-electron chi connectivity index (χ1n) is 6.61. The molecule has 0 heterocycles. The molecule has 0 saturated heterocycles. The Bertz CT molecular complexity index is 476. The van der Waals surface area contributed by atoms with Crippen molar-refractivity contribution in [3.05, 3.63) is 24.3 Å². The summed E-state index contributed by atoms with van der Waals surface area (Å²) in [5, 5.41) is 2.69. The smallest absolute Gasteiger partial charge is 0.288 e. The zero-order valence-corrected chi connectivity index (χ0v) is 11.9. The van der Waals surface area contributed by atoms with E-state index in [9.17, 15) is 13.6 Å². The van der Waals surface area contributed by atoms with Crippen LogP contribution in [0.15, 0.2) is 29.2 Å². The fourth-order valence-electron chi connectivity index (χ4n) is 2.54. The lowest BCUT2D eigenvalue weighted by molar-refractivity contribution is -0.117. The second-order valence-corrected chi connectivity index (χ2v) is 6.20. The number of nitrogens with one attached hydrogen (secondary N) is 1. The summed E-state index contributed by atoms with van der Waals surface area (Å²) in [5.74, 6) is -2.72. The minimum atomic E-state index is -2.51. The molecule has 1 fully saturated rings. The first-order valence-corrected chi connectivity index (χ1v) is 7.49. The summed E-state index contributed by atoms with van der Waals surface area (Å²) in [7, 11) is 0. The number of carbonyl (C=O) groups excluding carboxylic acids is 1. The summed E-state index contributed by atoms with van der Waals surface area (Å²) < 4.78 is 24.9. The Morgan fingerprint density at radius 2 is 2.00 bits per heavy atom. The molecular formula is C14H18F2N2OS. The van der Waals surface area contributed by atoms with Gasteiger partial charge in [-0.15, -0.1) is 0 Å². The zero-order chi connectivity index (χ0) is 14.6. The Balaban J connectivity index is 2.00. The lowest BCUT2D eigenvalue weighted by Gasteiger charge is -2.22. The summed E-state index contributed by atoms with van der Waals surface area (Å²) in [4.78, 5) is 12.4. The monoisotopic (exact) mass is 300 g/mol. The molecule has 3 nitrogen and oxygen atoms in total. The number of benzene rings is 1. The van der Waals surface area contributed by atoms with Crippen LogP contribution in [0.25, 0.3) is 0 Å². The Morgan fingerprint density at radius 1 is 1.35 bits per heavy atom. The molecule has 20 heavy (non-hydrogen) atoms. The second-order valence-electron chi connectivity index (χ2n) is 5.17. The SMILES string of the molecule is NC1(CC(=O)Nc2ccccc2SC(F)F)CCCC1. The Kier molecular flexibility index (Phi) is 4.99. The average molecular weight is 300 g/mol. The third kappa shape index (κ3) is 4.18. The van der Waals surface area contributed by atoms with Gasteiger partial charge in [0.05, 0.1) is 5.69 Å². The van der Waals surface area contributed by atoms with Gasteiger partial charge in [-0.05, 0) is 25.0 Å². The quantitative estimate of drug-likeness (QED) is 0.817. The van der Waals surface area contributed by atoms with E-state index in [2.05, 4.69) is 5.32 Å². The standard InChI is InChI=1S/C14H18F2N2OS/c15-13(16)20-11-6-2-1-5-10(11)18-12(19)9-14(17)7-3-4-8-14/h1-2,5-6,13H,3-4,7-9,17H2,(H,18,19). The number of thioether (sulfide) groups is 1. The summed E-state index contributed by atoms with van der Waals surface area (Å²) in [6.07, 6.45) is 4.01. The molecular weight excluding hydrogens is 282 g/mol. The fourth-order valence-corrected chi connectivity index (χ4v) is 3.13. The van der Waals surface area contributed by atoms with Crippen LogP contribution in [0.4, 0.5) is 14.5 Å². The number of carbonyl (C=O) groups is 1. The Labute approximate surface area is 121 Å². The van der Waals surface area contributed by atoms with Gasteiger partial charge < -0.3 is 11.1 Å². The van der Waals surface area contributed by atoms with E-state index in [0.717, 1.165) is 25.7 Å². The molecule has 0 atom stereocenters. The lowest BCUT2D eigenvalue weighted by Crippen LogP contribution is -2.40. The van der Waals surface area contributed by atoms with Gasteiger partial charge in [0, 0.05) is 16.9 Å². The molecule has 1 aromatic carbocycles. The predicted molar refractivity (Wildman–Crippen MR) is 76.9 cm³/mol. The molecule has 1 amide bonds. The highest BCUT2D eigenvalue weighted by atomic mass is 32.2. The maximum atomic E-state index is 12.5. The van der Waals surface area contributed by atoms with Gasteiger partial charge in [-0.3, -0.25) is 4.79 Å². The molecule has 1 aliphatic rings. The summed E-state index contributed by atoms with van der Waals surface area (Å²) >= 11 is 0.430. The van der Waals surface area contributed by atoms with Crippen molar-refractivity contribution in [2.24, 2.45) is 5.73 Å². The van der Waals surface area contributed by atoms with Gasteiger partial charge in [-0.1, -0.05) is 36.7 Å². The van der Waals surface area contributed by atoms with Gasteiger partial charge in [0.1, 0.15) is 0 Å². The molecule has 1 aromatic rings. The third-order valence-electron chi connectivity index (χ3n) is 3.49. The largest absolute Gasteiger partial charge is 0.325 e. The molecule has 110 valence electrons. The second kappa shape index (κ2) is 6.54. The van der Waals surface area contributed by atoms with Gasteiger partial charge >= 0.3 is 0 Å². The highest BCUT2D eigenvalue weighted by Gasteiger charge is 2.31. The molecule has 0 aliphatic heterocycles. The normalized spacial score (nSPS) is 17.4. The molecule has 0 aromatic heterocycles. The van der Waals surface area contributed by atoms with E-state index >= 15 is 0 Å². The first kappa shape index (κ1) is 15.3. The van der Waals surface area contributed by atoms with Crippen LogP contribution < -0.4 is 11.1 Å². The highest BCUT2D eigenvalue weighted by Crippen LogP contribution is 2.33. The van der Waals surface area contributed by atoms with E-state index in [1.807, 2.05) is 0 Å². The number of para-hydroxylation sites is 1. The van der Waals surface area contributed by atoms with Crippen molar-refractivity contribution < 1.29 is 13.6 Å². The van der Waals surface area contributed by atoms with Crippen molar-refractivity contribution in [3.63, 3.8) is 0 Å². The van der Waals surface area contributed by atoms with E-state index in [-0.39, 0.29) is 12.3 Å². The molecule has 1 aliphatic carbocycles. The third-order valence-corrected chi connectivity index (χ3v) is 4.28. The number of alkyl halides is 2. The molecule has 0 bridgehead atoms. The van der Waals surface area contributed by atoms with Crippen LogP contribution in [-0.2, 0) is 4.79 Å². The molecule has 0 spiro atoms. The minimum absolute atomic E-state index is 0.211. The number of rotatable bonds is 5. The summed E-state index contributed by atoms with van der Waals surface area (Å²) in [5.41, 5.74) is 6.13. The van der Waals surface area contributed by atoms with Crippen LogP contribution in [0.1, 0.15) is 32.1 Å². The zero-order valence-electron chi connectivity index (χ0n) is 11.1. The molecule has 1 saturated carbocycles. The van der Waals surface area contributed by atoms with Crippen molar-refractivity contribution in [2.45, 2.75) is 48.3 Å². The van der Waals surface area contributed by atoms with Crippen molar-refractivity contribution in [2.75, 3.05) is 5.32 Å². The summed E-state index contributed by atoms with van der Waals surface area (Å²) in [6, 6.07) is 6.57. The van der Waals surface area contributed by atoms with Crippen molar-refractivity contribution in [1.82, 2.24) is 0 Å². The van der Waals surface area contributed by atoms with E-state index in [1.54, 1.807) is 24.3 Å². The van der Waals surface area contributed by atoms with Crippen LogP contribution in [0.3, 0.4) is 0 Å². The first-order chi connectivity index (χ1) is 9.48. The van der Waals surface area contributed by atoms with Gasteiger partial charge in [0.2, 0.25) is 5.91 Å². The molecule has 2 rings (SSSR count). The van der Waals surface area contributed by atoms with Crippen molar-refractivity contribution in [1.29, 1.82) is 0 Å². The number of hydrogen-bond acceptors (Lipinski definition) is 3. The van der Waals surface area contributed by atoms with Gasteiger partial charge in [0.25, 0.3) is 5.76 Å². The number of nitrogens with two attached hydrogens (primary N) is 1. The fraction of sp³-hybridized carbons (Fsp3) is 0.500. The van der Waals surface area contributed by atoms with E-state index in [4.69, 9.17) is 5.73 Å². The van der Waals surface area contributed by atoms with E-state index in [1.165, 1.54) is 0 Å². The number of hydrogen-bond donors (Lipinski definition) is 2. The van der Waals surface area contributed by atoms with Crippen LogP contribution in [0, 0.1) is 0 Å². The predicted octanol–water partition coefficient (Wildman–Crippen LogP) is 3.60. The Morgan fingerprint density at radius 3 is 2.65 bits per heavy atom. The van der Waals surface area contributed by atoms with Gasteiger partial charge in [0.15, 0.2) is 0 Å². The Hall–Kier alpha value is -1.14. The van der Waals surface area contributed by atoms with Crippen molar-refractivity contribution in [3.8, 4) is 0 Å². The van der Waals surface area contributed by atoms with E-state index in [0.29, 0.717) is 22.3 Å². The van der Waals surface area contributed by atoms with Crippen LogP contribution in [-0.4, -0.2) is 17.2 Å². The summed E-state index contributed by atoms with van der Waals surface area (Å²) in [6.45, 7) is 0. The highest BCUT2D eigenvalue weighted by molar-refractivity contribution is 7.99. The van der Waals surface area contributed by atoms with Gasteiger partial charge in [-0.2, -0.15) is 8.78 Å². The topological polar surface area (TPSA) is 55.1 Å². The molecule has 3 N–H and O–H groups in total. The van der Waals surface area contributed by atoms with Crippen LogP contribution in [0.5, 0.6) is 0 Å². The minimum Gasteiger partial charge on any atom is -0.325 e. The maximum absolute atomic E-state index is 12.5.